The molecule has 0 radical (unpaired) electrons. The third kappa shape index (κ3) is 1.45. The Bertz CT molecular complexity index is 333. The van der Waals surface area contributed by atoms with E-state index < -0.39 is 23.4 Å². The maximum Gasteiger partial charge on any atom is 0.359 e. The molecule has 82 valence electrons. The van der Waals surface area contributed by atoms with E-state index in [1.807, 2.05) is 0 Å². The molecule has 0 atom stereocenters. The maximum absolute atomic E-state index is 11.8. The molecule has 1 aliphatic carbocycles. The van der Waals surface area contributed by atoms with Crippen molar-refractivity contribution in [2.45, 2.75) is 38.1 Å². The van der Waals surface area contributed by atoms with Crippen molar-refractivity contribution in [1.82, 2.24) is 10.4 Å². The summed E-state index contributed by atoms with van der Waals surface area (Å²) in [6, 6.07) is -0.642. The lowest BCUT2D eigenvalue weighted by molar-refractivity contribution is -0.182. The molecule has 0 aromatic rings. The Morgan fingerprint density at radius 1 is 1.40 bits per heavy atom. The van der Waals surface area contributed by atoms with Crippen molar-refractivity contribution in [2.75, 3.05) is 0 Å². The van der Waals surface area contributed by atoms with Crippen molar-refractivity contribution in [3.63, 3.8) is 0 Å². The van der Waals surface area contributed by atoms with Gasteiger partial charge in [-0.2, -0.15) is 0 Å². The molecule has 1 heterocycles. The summed E-state index contributed by atoms with van der Waals surface area (Å²) in [7, 11) is 0. The minimum absolute atomic E-state index is 0.444. The number of nitrogens with zero attached hydrogens (tertiary/aromatic N) is 1. The normalized spacial score (nSPS) is 23.4. The van der Waals surface area contributed by atoms with E-state index in [2.05, 4.69) is 10.2 Å². The summed E-state index contributed by atoms with van der Waals surface area (Å²) in [5, 5.41) is 3.13. The van der Waals surface area contributed by atoms with Gasteiger partial charge in [0, 0.05) is 6.92 Å². The van der Waals surface area contributed by atoms with Crippen LogP contribution in [0, 0.1) is 0 Å². The Morgan fingerprint density at radius 3 is 2.53 bits per heavy atom. The van der Waals surface area contributed by atoms with Crippen LogP contribution in [0.15, 0.2) is 0 Å². The fourth-order valence-electron chi connectivity index (χ4n) is 2.12. The van der Waals surface area contributed by atoms with Crippen LogP contribution in [-0.4, -0.2) is 28.5 Å². The molecule has 15 heavy (non-hydrogen) atoms. The van der Waals surface area contributed by atoms with Gasteiger partial charge >= 0.3 is 12.0 Å². The van der Waals surface area contributed by atoms with Crippen LogP contribution in [0.1, 0.15) is 32.6 Å². The topological polar surface area (TPSA) is 75.7 Å². The smallest absolute Gasteiger partial charge is 0.329 e. The predicted octanol–water partition coefficient (Wildman–Crippen LogP) is 0.329. The van der Waals surface area contributed by atoms with Crippen molar-refractivity contribution in [3.05, 3.63) is 0 Å². The van der Waals surface area contributed by atoms with Crippen LogP contribution in [0.2, 0.25) is 0 Å². The Hall–Kier alpha value is -1.59. The summed E-state index contributed by atoms with van der Waals surface area (Å²) in [5.74, 6) is -1.12. The van der Waals surface area contributed by atoms with E-state index in [1.54, 1.807) is 0 Å². The summed E-state index contributed by atoms with van der Waals surface area (Å²) < 4.78 is 0. The Kier molecular flexibility index (Phi) is 2.13. The highest BCUT2D eigenvalue weighted by atomic mass is 16.7. The first-order valence-corrected chi connectivity index (χ1v) is 4.90. The molecule has 6 nitrogen and oxygen atoms in total. The molecule has 2 fully saturated rings. The molecule has 6 heteroatoms. The van der Waals surface area contributed by atoms with Gasteiger partial charge in [-0.3, -0.25) is 4.79 Å². The summed E-state index contributed by atoms with van der Waals surface area (Å²) >= 11 is 0. The number of carbonyl (C=O) groups excluding carboxylic acids is 3. The van der Waals surface area contributed by atoms with Gasteiger partial charge in [0.1, 0.15) is 5.54 Å². The van der Waals surface area contributed by atoms with Gasteiger partial charge in [-0.05, 0) is 12.8 Å². The average molecular weight is 212 g/mol. The zero-order valence-corrected chi connectivity index (χ0v) is 8.41. The van der Waals surface area contributed by atoms with Crippen LogP contribution in [0.4, 0.5) is 4.79 Å². The fourth-order valence-corrected chi connectivity index (χ4v) is 2.12. The molecule has 1 saturated heterocycles. The summed E-state index contributed by atoms with van der Waals surface area (Å²) in [6.45, 7) is 1.15. The third-order valence-corrected chi connectivity index (χ3v) is 2.80. The van der Waals surface area contributed by atoms with E-state index in [9.17, 15) is 14.4 Å². The number of imide groups is 1. The van der Waals surface area contributed by atoms with Crippen LogP contribution in [0.25, 0.3) is 0 Å². The molecule has 1 aliphatic heterocycles. The molecule has 1 N–H and O–H groups in total. The summed E-state index contributed by atoms with van der Waals surface area (Å²) in [6.07, 6.45) is 3.05. The first kappa shape index (κ1) is 9.95. The number of nitrogens with one attached hydrogen (secondary N) is 1. The molecule has 0 unspecified atom stereocenters. The number of hydrogen-bond acceptors (Lipinski definition) is 4. The lowest BCUT2D eigenvalue weighted by atomic mass is 9.98. The molecule has 0 aromatic carbocycles. The highest BCUT2D eigenvalue weighted by Crippen LogP contribution is 2.34. The van der Waals surface area contributed by atoms with E-state index in [1.165, 1.54) is 0 Å². The molecule has 2 aliphatic rings. The zero-order chi connectivity index (χ0) is 11.1. The number of rotatable bonds is 1. The molecular weight excluding hydrogens is 200 g/mol. The summed E-state index contributed by atoms with van der Waals surface area (Å²) in [4.78, 5) is 38.5. The molecule has 0 bridgehead atoms. The number of amides is 3. The SMILES string of the molecule is CC(=O)ON1C(=O)NC2(CCCC2)C1=O. The number of urea groups is 1. The van der Waals surface area contributed by atoms with Crippen LogP contribution in [0.5, 0.6) is 0 Å². The first-order valence-electron chi connectivity index (χ1n) is 4.90. The van der Waals surface area contributed by atoms with Gasteiger partial charge in [0.15, 0.2) is 0 Å². The van der Waals surface area contributed by atoms with Crippen molar-refractivity contribution < 1.29 is 19.2 Å². The second-order valence-corrected chi connectivity index (χ2v) is 3.90. The first-order chi connectivity index (χ1) is 7.05. The highest BCUT2D eigenvalue weighted by Gasteiger charge is 2.54. The molecule has 0 aromatic heterocycles. The maximum atomic E-state index is 11.8. The molecule has 1 spiro atoms. The van der Waals surface area contributed by atoms with Gasteiger partial charge in [0.25, 0.3) is 5.91 Å². The fraction of sp³-hybridized carbons (Fsp3) is 0.667. The Morgan fingerprint density at radius 2 is 2.00 bits per heavy atom. The minimum Gasteiger partial charge on any atom is -0.329 e. The third-order valence-electron chi connectivity index (χ3n) is 2.80. The van der Waals surface area contributed by atoms with Crippen molar-refractivity contribution in [3.8, 4) is 0 Å². The van der Waals surface area contributed by atoms with Crippen LogP contribution in [-0.2, 0) is 14.4 Å². The van der Waals surface area contributed by atoms with Gasteiger partial charge in [0.2, 0.25) is 0 Å². The molecule has 2 rings (SSSR count). The Balaban J connectivity index is 2.19. The number of hydroxylamine groups is 2. The Labute approximate surface area is 86.5 Å². The van der Waals surface area contributed by atoms with Gasteiger partial charge in [-0.1, -0.05) is 17.9 Å². The van der Waals surface area contributed by atoms with E-state index in [0.717, 1.165) is 19.8 Å². The van der Waals surface area contributed by atoms with Crippen LogP contribution >= 0.6 is 0 Å². The van der Waals surface area contributed by atoms with Crippen molar-refractivity contribution >= 4 is 17.9 Å². The highest BCUT2D eigenvalue weighted by molar-refractivity contribution is 6.06. The lowest BCUT2D eigenvalue weighted by Gasteiger charge is -2.18. The quantitative estimate of drug-likeness (QED) is 0.635. The molecular formula is C9H12N2O4. The average Bonchev–Trinajstić information content (AvgIpc) is 2.69. The predicted molar refractivity (Wildman–Crippen MR) is 48.3 cm³/mol. The van der Waals surface area contributed by atoms with Crippen molar-refractivity contribution in [1.29, 1.82) is 0 Å². The molecule has 3 amide bonds. The lowest BCUT2D eigenvalue weighted by Crippen LogP contribution is -2.44. The van der Waals surface area contributed by atoms with E-state index in [-0.39, 0.29) is 0 Å². The van der Waals surface area contributed by atoms with Crippen LogP contribution in [0.3, 0.4) is 0 Å². The monoisotopic (exact) mass is 212 g/mol. The zero-order valence-electron chi connectivity index (χ0n) is 8.41. The van der Waals surface area contributed by atoms with E-state index in [4.69, 9.17) is 0 Å². The van der Waals surface area contributed by atoms with Gasteiger partial charge in [-0.25, -0.2) is 9.59 Å². The largest absolute Gasteiger partial charge is 0.359 e. The van der Waals surface area contributed by atoms with E-state index >= 15 is 0 Å². The molecule has 1 saturated carbocycles. The number of carbonyl (C=O) groups is 3. The minimum atomic E-state index is -0.813. The van der Waals surface area contributed by atoms with E-state index in [0.29, 0.717) is 17.9 Å². The van der Waals surface area contributed by atoms with Crippen molar-refractivity contribution in [2.24, 2.45) is 0 Å². The van der Waals surface area contributed by atoms with Gasteiger partial charge < -0.3 is 10.2 Å². The standard InChI is InChI=1S/C9H12N2O4/c1-6(12)15-11-7(13)9(10-8(11)14)4-2-3-5-9/h2-5H2,1H3,(H,10,14). The number of hydrogen-bond donors (Lipinski definition) is 1. The van der Waals surface area contributed by atoms with Gasteiger partial charge in [-0.15, -0.1) is 0 Å². The second-order valence-electron chi connectivity index (χ2n) is 3.90. The van der Waals surface area contributed by atoms with Gasteiger partial charge in [0.05, 0.1) is 0 Å². The van der Waals surface area contributed by atoms with Crippen LogP contribution < -0.4 is 5.32 Å². The second kappa shape index (κ2) is 3.22. The summed E-state index contributed by atoms with van der Waals surface area (Å²) in [5.41, 5.74) is -0.813.